The van der Waals surface area contributed by atoms with Gasteiger partial charge in [-0.1, -0.05) is 31.2 Å². The number of aliphatic hydroxyl groups excluding tert-OH is 1. The molecule has 20 heavy (non-hydrogen) atoms. The zero-order valence-electron chi connectivity index (χ0n) is 11.3. The monoisotopic (exact) mass is 264 g/mol. The number of benzene rings is 1. The standard InChI is InChI=1S/C17H16N2O/c1-2-12-9-18-8-7-15(12)17(20)16-11-19-10-13-5-3-4-6-14(13)16/h3-11,17,20H,2H2,1H3. The highest BCUT2D eigenvalue weighted by molar-refractivity contribution is 5.85. The molecule has 1 N–H and O–H groups in total. The van der Waals surface area contributed by atoms with Crippen molar-refractivity contribution in [2.24, 2.45) is 0 Å². The number of aliphatic hydroxyl groups is 1. The van der Waals surface area contributed by atoms with Gasteiger partial charge in [-0.2, -0.15) is 0 Å². The zero-order chi connectivity index (χ0) is 13.9. The lowest BCUT2D eigenvalue weighted by Crippen LogP contribution is -2.05. The summed E-state index contributed by atoms with van der Waals surface area (Å²) in [4.78, 5) is 8.37. The van der Waals surface area contributed by atoms with E-state index in [-0.39, 0.29) is 0 Å². The Morgan fingerprint density at radius 1 is 1.00 bits per heavy atom. The number of rotatable bonds is 3. The van der Waals surface area contributed by atoms with Crippen molar-refractivity contribution in [1.29, 1.82) is 0 Å². The minimum Gasteiger partial charge on any atom is -0.384 e. The molecule has 0 radical (unpaired) electrons. The minimum absolute atomic E-state index is 0.674. The van der Waals surface area contributed by atoms with E-state index in [4.69, 9.17) is 0 Å². The van der Waals surface area contributed by atoms with Crippen molar-refractivity contribution < 1.29 is 5.11 Å². The van der Waals surface area contributed by atoms with Gasteiger partial charge in [0.1, 0.15) is 6.10 Å². The largest absolute Gasteiger partial charge is 0.384 e. The van der Waals surface area contributed by atoms with Crippen LogP contribution in [0.5, 0.6) is 0 Å². The van der Waals surface area contributed by atoms with Gasteiger partial charge in [0, 0.05) is 35.7 Å². The van der Waals surface area contributed by atoms with Gasteiger partial charge in [0.15, 0.2) is 0 Å². The number of fused-ring (bicyclic) bond motifs is 1. The molecule has 0 aliphatic heterocycles. The second-order valence-corrected chi connectivity index (χ2v) is 4.78. The molecule has 0 aliphatic carbocycles. The molecule has 0 bridgehead atoms. The predicted molar refractivity (Wildman–Crippen MR) is 79.4 cm³/mol. The van der Waals surface area contributed by atoms with Crippen molar-refractivity contribution in [3.8, 4) is 0 Å². The highest BCUT2D eigenvalue weighted by Gasteiger charge is 2.16. The molecule has 1 atom stereocenters. The Bertz CT molecular complexity index is 734. The van der Waals surface area contributed by atoms with Crippen LogP contribution in [0.1, 0.15) is 29.7 Å². The molecule has 3 nitrogen and oxygen atoms in total. The summed E-state index contributed by atoms with van der Waals surface area (Å²) in [5.74, 6) is 0. The van der Waals surface area contributed by atoms with E-state index in [0.29, 0.717) is 0 Å². The van der Waals surface area contributed by atoms with Crippen LogP contribution in [0.15, 0.2) is 55.1 Å². The Labute approximate surface area is 117 Å². The summed E-state index contributed by atoms with van der Waals surface area (Å²) < 4.78 is 0. The maximum atomic E-state index is 10.7. The van der Waals surface area contributed by atoms with Crippen LogP contribution in [-0.4, -0.2) is 15.1 Å². The van der Waals surface area contributed by atoms with Gasteiger partial charge in [-0.3, -0.25) is 9.97 Å². The molecule has 3 rings (SSSR count). The number of hydrogen-bond donors (Lipinski definition) is 1. The first-order valence-electron chi connectivity index (χ1n) is 6.74. The maximum Gasteiger partial charge on any atom is 0.107 e. The van der Waals surface area contributed by atoms with E-state index in [0.717, 1.165) is 33.9 Å². The molecular formula is C17H16N2O. The van der Waals surface area contributed by atoms with Crippen molar-refractivity contribution in [1.82, 2.24) is 9.97 Å². The summed E-state index contributed by atoms with van der Waals surface area (Å²) in [6.45, 7) is 2.06. The Morgan fingerprint density at radius 3 is 2.70 bits per heavy atom. The van der Waals surface area contributed by atoms with Gasteiger partial charge in [-0.05, 0) is 29.0 Å². The van der Waals surface area contributed by atoms with Crippen molar-refractivity contribution >= 4 is 10.8 Å². The van der Waals surface area contributed by atoms with Gasteiger partial charge in [0.05, 0.1) is 0 Å². The van der Waals surface area contributed by atoms with Gasteiger partial charge < -0.3 is 5.11 Å². The second-order valence-electron chi connectivity index (χ2n) is 4.78. The summed E-state index contributed by atoms with van der Waals surface area (Å²) in [6, 6.07) is 9.86. The van der Waals surface area contributed by atoms with Gasteiger partial charge in [0.2, 0.25) is 0 Å². The number of hydrogen-bond acceptors (Lipinski definition) is 3. The minimum atomic E-state index is -0.674. The van der Waals surface area contributed by atoms with Crippen LogP contribution in [0.3, 0.4) is 0 Å². The third-order valence-electron chi connectivity index (χ3n) is 3.61. The molecule has 3 aromatic rings. The number of pyridine rings is 2. The van der Waals surface area contributed by atoms with Crippen LogP contribution in [0.2, 0.25) is 0 Å². The van der Waals surface area contributed by atoms with E-state index in [1.54, 1.807) is 12.4 Å². The van der Waals surface area contributed by atoms with E-state index in [2.05, 4.69) is 16.9 Å². The molecule has 0 saturated carbocycles. The Balaban J connectivity index is 2.15. The highest BCUT2D eigenvalue weighted by atomic mass is 16.3. The smallest absolute Gasteiger partial charge is 0.107 e. The summed E-state index contributed by atoms with van der Waals surface area (Å²) >= 11 is 0. The molecule has 0 amide bonds. The SMILES string of the molecule is CCc1cnccc1C(O)c1cncc2ccccc12. The number of aromatic nitrogens is 2. The molecular weight excluding hydrogens is 248 g/mol. The van der Waals surface area contributed by atoms with E-state index in [1.807, 2.05) is 42.7 Å². The molecule has 0 fully saturated rings. The molecule has 100 valence electrons. The van der Waals surface area contributed by atoms with Gasteiger partial charge in [-0.25, -0.2) is 0 Å². The fraction of sp³-hybridized carbons (Fsp3) is 0.176. The molecule has 2 aromatic heterocycles. The number of nitrogens with zero attached hydrogens (tertiary/aromatic N) is 2. The van der Waals surface area contributed by atoms with Gasteiger partial charge in [0.25, 0.3) is 0 Å². The van der Waals surface area contributed by atoms with Crippen LogP contribution >= 0.6 is 0 Å². The Morgan fingerprint density at radius 2 is 1.85 bits per heavy atom. The van der Waals surface area contributed by atoms with Crippen molar-refractivity contribution in [3.63, 3.8) is 0 Å². The van der Waals surface area contributed by atoms with Gasteiger partial charge >= 0.3 is 0 Å². The summed E-state index contributed by atoms with van der Waals surface area (Å²) in [5.41, 5.74) is 2.80. The summed E-state index contributed by atoms with van der Waals surface area (Å²) in [5, 5.41) is 12.8. The van der Waals surface area contributed by atoms with Crippen LogP contribution in [0.4, 0.5) is 0 Å². The normalized spacial score (nSPS) is 12.5. The van der Waals surface area contributed by atoms with Crippen LogP contribution < -0.4 is 0 Å². The average molecular weight is 264 g/mol. The molecule has 1 unspecified atom stereocenters. The first kappa shape index (κ1) is 12.8. The maximum absolute atomic E-state index is 10.7. The van der Waals surface area contributed by atoms with Crippen LogP contribution in [0.25, 0.3) is 10.8 Å². The topological polar surface area (TPSA) is 46.0 Å². The van der Waals surface area contributed by atoms with Gasteiger partial charge in [-0.15, -0.1) is 0 Å². The zero-order valence-corrected chi connectivity index (χ0v) is 11.3. The molecule has 1 aromatic carbocycles. The summed E-state index contributed by atoms with van der Waals surface area (Å²) in [6.07, 6.45) is 7.27. The third kappa shape index (κ3) is 2.17. The summed E-state index contributed by atoms with van der Waals surface area (Å²) in [7, 11) is 0. The Hall–Kier alpha value is -2.26. The second kappa shape index (κ2) is 5.39. The lowest BCUT2D eigenvalue weighted by atomic mass is 9.95. The third-order valence-corrected chi connectivity index (χ3v) is 3.61. The quantitative estimate of drug-likeness (QED) is 0.789. The first-order chi connectivity index (χ1) is 9.81. The highest BCUT2D eigenvalue weighted by Crippen LogP contribution is 2.29. The van der Waals surface area contributed by atoms with Crippen LogP contribution in [0, 0.1) is 0 Å². The lowest BCUT2D eigenvalue weighted by molar-refractivity contribution is 0.220. The molecule has 2 heterocycles. The Kier molecular flexibility index (Phi) is 3.44. The van der Waals surface area contributed by atoms with Crippen LogP contribution in [-0.2, 0) is 6.42 Å². The predicted octanol–water partition coefficient (Wildman–Crippen LogP) is 3.27. The molecule has 0 spiro atoms. The average Bonchev–Trinajstić information content (AvgIpc) is 2.53. The first-order valence-corrected chi connectivity index (χ1v) is 6.74. The van der Waals surface area contributed by atoms with Crippen molar-refractivity contribution in [3.05, 3.63) is 71.8 Å². The van der Waals surface area contributed by atoms with Crippen molar-refractivity contribution in [2.45, 2.75) is 19.4 Å². The molecule has 0 aliphatic rings. The number of aryl methyl sites for hydroxylation is 1. The fourth-order valence-corrected chi connectivity index (χ4v) is 2.53. The van der Waals surface area contributed by atoms with E-state index in [9.17, 15) is 5.11 Å². The molecule has 3 heteroatoms. The van der Waals surface area contributed by atoms with E-state index < -0.39 is 6.10 Å². The van der Waals surface area contributed by atoms with E-state index >= 15 is 0 Å². The van der Waals surface area contributed by atoms with Crippen molar-refractivity contribution in [2.75, 3.05) is 0 Å². The van der Waals surface area contributed by atoms with E-state index in [1.165, 1.54) is 0 Å². The fourth-order valence-electron chi connectivity index (χ4n) is 2.53. The lowest BCUT2D eigenvalue weighted by Gasteiger charge is -2.16. The molecule has 0 saturated heterocycles.